The Kier molecular flexibility index (Phi) is 4.68. The minimum Gasteiger partial charge on any atom is -0.463 e. The van der Waals surface area contributed by atoms with Gasteiger partial charge in [-0.05, 0) is 18.6 Å². The fourth-order valence-corrected chi connectivity index (χ4v) is 1.18. The van der Waals surface area contributed by atoms with Crippen molar-refractivity contribution in [2.75, 3.05) is 6.61 Å². The number of hydrogen-bond donors (Lipinski definition) is 0. The van der Waals surface area contributed by atoms with Crippen molar-refractivity contribution in [2.45, 2.75) is 13.2 Å². The quantitative estimate of drug-likeness (QED) is 0.423. The normalized spacial score (nSPS) is 11.1. The standard InChI is InChI=1S/C12H13BO2/c1-2-15-12(14)11(9-13)8-10-6-4-3-5-7-10/h3-8H,2,9H2,1H3/b11-8+. The van der Waals surface area contributed by atoms with Crippen LogP contribution in [0.15, 0.2) is 35.9 Å². The monoisotopic (exact) mass is 200 g/mol. The number of carbonyl (C=O) groups is 1. The van der Waals surface area contributed by atoms with Crippen molar-refractivity contribution in [1.82, 2.24) is 0 Å². The molecule has 2 nitrogen and oxygen atoms in total. The van der Waals surface area contributed by atoms with Crippen LogP contribution in [0.5, 0.6) is 0 Å². The van der Waals surface area contributed by atoms with Gasteiger partial charge in [0, 0.05) is 5.57 Å². The fraction of sp³-hybridized carbons (Fsp3) is 0.250. The van der Waals surface area contributed by atoms with Crippen LogP contribution in [0.1, 0.15) is 12.5 Å². The van der Waals surface area contributed by atoms with Crippen LogP contribution in [0.4, 0.5) is 0 Å². The highest BCUT2D eigenvalue weighted by Gasteiger charge is 2.07. The van der Waals surface area contributed by atoms with Gasteiger partial charge in [-0.25, -0.2) is 4.79 Å². The van der Waals surface area contributed by atoms with E-state index in [0.29, 0.717) is 12.2 Å². The molecular formula is C12H13BO2. The molecule has 1 aromatic rings. The highest BCUT2D eigenvalue weighted by molar-refractivity contribution is 6.15. The smallest absolute Gasteiger partial charge is 0.333 e. The first-order chi connectivity index (χ1) is 7.27. The molecule has 3 heteroatoms. The Balaban J connectivity index is 2.83. The second-order valence-electron chi connectivity index (χ2n) is 3.00. The van der Waals surface area contributed by atoms with Gasteiger partial charge >= 0.3 is 5.97 Å². The van der Waals surface area contributed by atoms with Crippen molar-refractivity contribution in [3.05, 3.63) is 41.5 Å². The van der Waals surface area contributed by atoms with E-state index in [1.54, 1.807) is 13.0 Å². The average Bonchev–Trinajstić information content (AvgIpc) is 2.27. The fourth-order valence-electron chi connectivity index (χ4n) is 1.18. The van der Waals surface area contributed by atoms with Gasteiger partial charge in [0.1, 0.15) is 0 Å². The molecule has 0 atom stereocenters. The lowest BCUT2D eigenvalue weighted by Crippen LogP contribution is -2.07. The van der Waals surface area contributed by atoms with Gasteiger partial charge in [0.25, 0.3) is 0 Å². The van der Waals surface area contributed by atoms with Crippen molar-refractivity contribution in [3.8, 4) is 0 Å². The third kappa shape index (κ3) is 3.62. The Labute approximate surface area is 91.4 Å². The number of benzene rings is 1. The molecule has 0 saturated heterocycles. The van der Waals surface area contributed by atoms with E-state index in [1.165, 1.54) is 0 Å². The van der Waals surface area contributed by atoms with Crippen LogP contribution in [0.25, 0.3) is 6.08 Å². The third-order valence-corrected chi connectivity index (χ3v) is 1.90. The third-order valence-electron chi connectivity index (χ3n) is 1.90. The van der Waals surface area contributed by atoms with Gasteiger partial charge in [0.05, 0.1) is 14.5 Å². The molecule has 0 aliphatic carbocycles. The predicted molar refractivity (Wildman–Crippen MR) is 61.6 cm³/mol. The van der Waals surface area contributed by atoms with Gasteiger partial charge in [-0.3, -0.25) is 0 Å². The summed E-state index contributed by atoms with van der Waals surface area (Å²) in [6, 6.07) is 9.56. The lowest BCUT2D eigenvalue weighted by Gasteiger charge is -2.04. The molecule has 0 aliphatic rings. The summed E-state index contributed by atoms with van der Waals surface area (Å²) in [6.07, 6.45) is 1.94. The number of ether oxygens (including phenoxy) is 1. The van der Waals surface area contributed by atoms with Gasteiger partial charge in [-0.15, -0.1) is 0 Å². The molecular weight excluding hydrogens is 187 g/mol. The van der Waals surface area contributed by atoms with E-state index in [0.717, 1.165) is 5.56 Å². The van der Waals surface area contributed by atoms with Crippen LogP contribution in [0.3, 0.4) is 0 Å². The average molecular weight is 200 g/mol. The van der Waals surface area contributed by atoms with Crippen LogP contribution in [-0.2, 0) is 9.53 Å². The van der Waals surface area contributed by atoms with Crippen molar-refractivity contribution in [1.29, 1.82) is 0 Å². The summed E-state index contributed by atoms with van der Waals surface area (Å²) in [5.41, 5.74) is 1.44. The molecule has 15 heavy (non-hydrogen) atoms. The number of hydrogen-bond acceptors (Lipinski definition) is 2. The largest absolute Gasteiger partial charge is 0.463 e. The minimum absolute atomic E-state index is 0.188. The zero-order valence-corrected chi connectivity index (χ0v) is 8.77. The first-order valence-electron chi connectivity index (χ1n) is 4.90. The maximum atomic E-state index is 11.4. The first-order valence-corrected chi connectivity index (χ1v) is 4.90. The summed E-state index contributed by atoms with van der Waals surface area (Å²) in [7, 11) is 5.48. The summed E-state index contributed by atoms with van der Waals surface area (Å²) in [5, 5.41) is 0. The van der Waals surface area contributed by atoms with Gasteiger partial charge in [-0.1, -0.05) is 36.7 Å². The Bertz CT molecular complexity index is 344. The molecule has 0 N–H and O–H groups in total. The number of rotatable bonds is 4. The molecule has 0 fully saturated rings. The van der Waals surface area contributed by atoms with Crippen molar-refractivity contribution in [2.24, 2.45) is 0 Å². The Morgan fingerprint density at radius 2 is 2.07 bits per heavy atom. The zero-order chi connectivity index (χ0) is 11.1. The van der Waals surface area contributed by atoms with Gasteiger partial charge in [0.2, 0.25) is 0 Å². The molecule has 0 unspecified atom stereocenters. The lowest BCUT2D eigenvalue weighted by molar-refractivity contribution is -0.138. The van der Waals surface area contributed by atoms with E-state index in [4.69, 9.17) is 12.6 Å². The predicted octanol–water partition coefficient (Wildman–Crippen LogP) is 2.22. The molecule has 0 spiro atoms. The van der Waals surface area contributed by atoms with Gasteiger partial charge in [-0.2, -0.15) is 0 Å². The van der Waals surface area contributed by atoms with E-state index in [9.17, 15) is 4.79 Å². The summed E-state index contributed by atoms with van der Waals surface area (Å²) < 4.78 is 4.88. The molecule has 0 amide bonds. The van der Waals surface area contributed by atoms with Crippen LogP contribution in [0, 0.1) is 0 Å². The molecule has 0 saturated carbocycles. The van der Waals surface area contributed by atoms with Crippen LogP contribution in [0.2, 0.25) is 6.32 Å². The lowest BCUT2D eigenvalue weighted by atomic mass is 9.95. The molecule has 76 valence electrons. The maximum Gasteiger partial charge on any atom is 0.333 e. The zero-order valence-electron chi connectivity index (χ0n) is 8.77. The highest BCUT2D eigenvalue weighted by atomic mass is 16.5. The summed E-state index contributed by atoms with van der Waals surface area (Å²) in [6.45, 7) is 2.14. The van der Waals surface area contributed by atoms with Crippen molar-refractivity contribution >= 4 is 19.9 Å². The van der Waals surface area contributed by atoms with Crippen LogP contribution < -0.4 is 0 Å². The van der Waals surface area contributed by atoms with Crippen molar-refractivity contribution in [3.63, 3.8) is 0 Å². The number of carbonyl (C=O) groups excluding carboxylic acids is 1. The van der Waals surface area contributed by atoms with Crippen molar-refractivity contribution < 1.29 is 9.53 Å². The summed E-state index contributed by atoms with van der Waals surface area (Å²) >= 11 is 0. The van der Waals surface area contributed by atoms with E-state index in [-0.39, 0.29) is 12.3 Å². The second-order valence-corrected chi connectivity index (χ2v) is 3.00. The Hall–Kier alpha value is -1.51. The Morgan fingerprint density at radius 3 is 2.60 bits per heavy atom. The van der Waals surface area contributed by atoms with Gasteiger partial charge in [0.15, 0.2) is 0 Å². The van der Waals surface area contributed by atoms with E-state index in [2.05, 4.69) is 0 Å². The molecule has 1 aromatic carbocycles. The van der Waals surface area contributed by atoms with E-state index in [1.807, 2.05) is 30.3 Å². The molecule has 1 rings (SSSR count). The SMILES string of the molecule is [B]C/C(=C\c1ccccc1)C(=O)OCC. The first kappa shape index (κ1) is 11.6. The summed E-state index contributed by atoms with van der Waals surface area (Å²) in [4.78, 5) is 11.4. The minimum atomic E-state index is -0.344. The topological polar surface area (TPSA) is 26.3 Å². The maximum absolute atomic E-state index is 11.4. The summed E-state index contributed by atoms with van der Waals surface area (Å²) in [5.74, 6) is -0.344. The molecule has 2 radical (unpaired) electrons. The molecule has 0 bridgehead atoms. The molecule has 0 aromatic heterocycles. The number of esters is 1. The second kappa shape index (κ2) is 6.07. The van der Waals surface area contributed by atoms with Crippen LogP contribution >= 0.6 is 0 Å². The highest BCUT2D eigenvalue weighted by Crippen LogP contribution is 2.10. The van der Waals surface area contributed by atoms with Gasteiger partial charge < -0.3 is 4.74 Å². The molecule has 0 aliphatic heterocycles. The van der Waals surface area contributed by atoms with E-state index >= 15 is 0 Å². The van der Waals surface area contributed by atoms with E-state index < -0.39 is 0 Å². The Morgan fingerprint density at radius 1 is 1.40 bits per heavy atom. The molecule has 0 heterocycles. The van der Waals surface area contributed by atoms with Crippen LogP contribution in [-0.4, -0.2) is 20.4 Å².